The molecule has 0 aromatic heterocycles. The molecule has 4 heteroatoms. The number of likely N-dealkylation sites (tertiary alicyclic amines) is 1. The second kappa shape index (κ2) is 6.43. The van der Waals surface area contributed by atoms with E-state index in [0.29, 0.717) is 25.2 Å². The Morgan fingerprint density at radius 3 is 2.93 bits per heavy atom. The molecule has 1 heterocycles. The third kappa shape index (κ3) is 4.47. The van der Waals surface area contributed by atoms with Crippen LogP contribution >= 0.6 is 0 Å². The molecule has 3 unspecified atom stereocenters. The second-order valence-corrected chi connectivity index (χ2v) is 4.57. The monoisotopic (exact) mass is 216 g/mol. The predicted molar refractivity (Wildman–Crippen MR) is 61.0 cm³/mol. The van der Waals surface area contributed by atoms with E-state index in [1.54, 1.807) is 7.11 Å². The number of nitrogens with one attached hydrogen (secondary N) is 1. The molecule has 0 aromatic rings. The maximum Gasteiger partial charge on any atom is 0.0897 e. The number of methoxy groups -OCH3 is 1. The molecule has 1 saturated heterocycles. The van der Waals surface area contributed by atoms with Crippen LogP contribution in [0.5, 0.6) is 0 Å². The SMILES string of the molecule is COCC(O)CNC1CCN(C)C(C)C1. The van der Waals surface area contributed by atoms with Crippen LogP contribution in [-0.4, -0.2) is 62.0 Å². The minimum atomic E-state index is -0.384. The fourth-order valence-corrected chi connectivity index (χ4v) is 2.03. The summed E-state index contributed by atoms with van der Waals surface area (Å²) >= 11 is 0. The Kier molecular flexibility index (Phi) is 5.53. The van der Waals surface area contributed by atoms with Gasteiger partial charge < -0.3 is 20.1 Å². The Morgan fingerprint density at radius 2 is 2.33 bits per heavy atom. The van der Waals surface area contributed by atoms with E-state index in [0.717, 1.165) is 13.0 Å². The summed E-state index contributed by atoms with van der Waals surface area (Å²) in [4.78, 5) is 2.38. The number of rotatable bonds is 5. The van der Waals surface area contributed by atoms with Gasteiger partial charge in [-0.05, 0) is 33.4 Å². The Hall–Kier alpha value is -0.160. The standard InChI is InChI=1S/C11H24N2O2/c1-9-6-10(4-5-13(9)2)12-7-11(14)8-15-3/h9-12,14H,4-8H2,1-3H3. The Balaban J connectivity index is 2.16. The molecule has 0 saturated carbocycles. The van der Waals surface area contributed by atoms with Crippen LogP contribution in [0.1, 0.15) is 19.8 Å². The summed E-state index contributed by atoms with van der Waals surface area (Å²) in [5.41, 5.74) is 0. The lowest BCUT2D eigenvalue weighted by molar-refractivity contribution is 0.0591. The molecule has 0 spiro atoms. The molecule has 1 aliphatic heterocycles. The van der Waals surface area contributed by atoms with Crippen molar-refractivity contribution in [2.45, 2.75) is 38.0 Å². The van der Waals surface area contributed by atoms with Crippen molar-refractivity contribution in [3.63, 3.8) is 0 Å². The van der Waals surface area contributed by atoms with Crippen LogP contribution in [0.4, 0.5) is 0 Å². The minimum Gasteiger partial charge on any atom is -0.389 e. The highest BCUT2D eigenvalue weighted by Gasteiger charge is 2.22. The van der Waals surface area contributed by atoms with Crippen molar-refractivity contribution in [1.29, 1.82) is 0 Å². The molecular formula is C11H24N2O2. The molecule has 0 bridgehead atoms. The lowest BCUT2D eigenvalue weighted by atomic mass is 9.99. The molecule has 90 valence electrons. The molecule has 0 amide bonds. The highest BCUT2D eigenvalue weighted by molar-refractivity contribution is 4.81. The van der Waals surface area contributed by atoms with E-state index in [2.05, 4.69) is 24.2 Å². The van der Waals surface area contributed by atoms with Gasteiger partial charge in [-0.2, -0.15) is 0 Å². The Bertz CT molecular complexity index is 178. The fourth-order valence-electron chi connectivity index (χ4n) is 2.03. The second-order valence-electron chi connectivity index (χ2n) is 4.57. The third-order valence-corrected chi connectivity index (χ3v) is 3.21. The third-order valence-electron chi connectivity index (χ3n) is 3.21. The van der Waals surface area contributed by atoms with E-state index in [1.807, 2.05) is 0 Å². The van der Waals surface area contributed by atoms with Gasteiger partial charge in [0.05, 0.1) is 12.7 Å². The molecule has 0 aliphatic carbocycles. The van der Waals surface area contributed by atoms with Crippen LogP contribution in [0.3, 0.4) is 0 Å². The summed E-state index contributed by atoms with van der Waals surface area (Å²) in [5.74, 6) is 0. The first-order valence-corrected chi connectivity index (χ1v) is 5.74. The zero-order valence-corrected chi connectivity index (χ0v) is 10.1. The first-order valence-electron chi connectivity index (χ1n) is 5.74. The summed E-state index contributed by atoms with van der Waals surface area (Å²) in [7, 11) is 3.78. The van der Waals surface area contributed by atoms with Crippen molar-refractivity contribution in [2.24, 2.45) is 0 Å². The smallest absolute Gasteiger partial charge is 0.0897 e. The predicted octanol–water partition coefficient (Wildman–Crippen LogP) is 0.0660. The van der Waals surface area contributed by atoms with Crippen molar-refractivity contribution in [3.05, 3.63) is 0 Å². The van der Waals surface area contributed by atoms with Crippen LogP contribution in [-0.2, 0) is 4.74 Å². The largest absolute Gasteiger partial charge is 0.389 e. The summed E-state index contributed by atoms with van der Waals surface area (Å²) in [5, 5.41) is 12.9. The number of hydrogen-bond acceptors (Lipinski definition) is 4. The van der Waals surface area contributed by atoms with Crippen LogP contribution < -0.4 is 5.32 Å². The van der Waals surface area contributed by atoms with Crippen molar-refractivity contribution >= 4 is 0 Å². The van der Waals surface area contributed by atoms with Gasteiger partial charge >= 0.3 is 0 Å². The van der Waals surface area contributed by atoms with E-state index < -0.39 is 0 Å². The van der Waals surface area contributed by atoms with E-state index in [9.17, 15) is 5.11 Å². The van der Waals surface area contributed by atoms with Crippen LogP contribution in [0, 0.1) is 0 Å². The van der Waals surface area contributed by atoms with Crippen molar-refractivity contribution in [1.82, 2.24) is 10.2 Å². The van der Waals surface area contributed by atoms with Gasteiger partial charge in [0, 0.05) is 25.7 Å². The van der Waals surface area contributed by atoms with E-state index >= 15 is 0 Å². The van der Waals surface area contributed by atoms with Gasteiger partial charge in [-0.3, -0.25) is 0 Å². The van der Waals surface area contributed by atoms with Crippen molar-refractivity contribution in [2.75, 3.05) is 33.9 Å². The molecule has 3 atom stereocenters. The normalized spacial score (nSPS) is 30.4. The summed E-state index contributed by atoms with van der Waals surface area (Å²) in [6.07, 6.45) is 1.95. The van der Waals surface area contributed by atoms with Crippen LogP contribution in [0.25, 0.3) is 0 Å². The molecule has 0 radical (unpaired) electrons. The number of nitrogens with zero attached hydrogens (tertiary/aromatic N) is 1. The molecule has 1 aliphatic rings. The minimum absolute atomic E-state index is 0.384. The summed E-state index contributed by atoms with van der Waals surface area (Å²) < 4.78 is 4.88. The van der Waals surface area contributed by atoms with Gasteiger partial charge in [0.15, 0.2) is 0 Å². The van der Waals surface area contributed by atoms with Crippen molar-refractivity contribution < 1.29 is 9.84 Å². The van der Waals surface area contributed by atoms with Crippen LogP contribution in [0.2, 0.25) is 0 Å². The maximum absolute atomic E-state index is 9.50. The number of aliphatic hydroxyl groups is 1. The summed E-state index contributed by atoms with van der Waals surface area (Å²) in [6.45, 7) is 4.43. The molecule has 2 N–H and O–H groups in total. The molecule has 4 nitrogen and oxygen atoms in total. The highest BCUT2D eigenvalue weighted by atomic mass is 16.5. The zero-order valence-electron chi connectivity index (χ0n) is 10.1. The Morgan fingerprint density at radius 1 is 1.60 bits per heavy atom. The molecule has 1 fully saturated rings. The van der Waals surface area contributed by atoms with Gasteiger partial charge in [0.1, 0.15) is 0 Å². The number of ether oxygens (including phenoxy) is 1. The molecule has 1 rings (SSSR count). The van der Waals surface area contributed by atoms with Crippen LogP contribution in [0.15, 0.2) is 0 Å². The Labute approximate surface area is 92.6 Å². The first kappa shape index (κ1) is 12.9. The lowest BCUT2D eigenvalue weighted by Gasteiger charge is -2.35. The van der Waals surface area contributed by atoms with Gasteiger partial charge in [0.25, 0.3) is 0 Å². The maximum atomic E-state index is 9.50. The van der Waals surface area contributed by atoms with Gasteiger partial charge in [0.2, 0.25) is 0 Å². The molecule has 15 heavy (non-hydrogen) atoms. The topological polar surface area (TPSA) is 44.7 Å². The average molecular weight is 216 g/mol. The van der Waals surface area contributed by atoms with Gasteiger partial charge in [-0.1, -0.05) is 0 Å². The van der Waals surface area contributed by atoms with E-state index in [4.69, 9.17) is 4.74 Å². The number of piperidine rings is 1. The molecule has 0 aromatic carbocycles. The molecular weight excluding hydrogens is 192 g/mol. The highest BCUT2D eigenvalue weighted by Crippen LogP contribution is 2.14. The van der Waals surface area contributed by atoms with E-state index in [1.165, 1.54) is 6.42 Å². The zero-order chi connectivity index (χ0) is 11.3. The quantitative estimate of drug-likeness (QED) is 0.682. The average Bonchev–Trinajstić information content (AvgIpc) is 2.20. The lowest BCUT2D eigenvalue weighted by Crippen LogP contribution is -2.47. The summed E-state index contributed by atoms with van der Waals surface area (Å²) in [6, 6.07) is 1.18. The first-order chi connectivity index (χ1) is 7.13. The number of hydrogen-bond donors (Lipinski definition) is 2. The van der Waals surface area contributed by atoms with Gasteiger partial charge in [-0.15, -0.1) is 0 Å². The van der Waals surface area contributed by atoms with E-state index in [-0.39, 0.29) is 6.10 Å². The van der Waals surface area contributed by atoms with Gasteiger partial charge in [-0.25, -0.2) is 0 Å². The van der Waals surface area contributed by atoms with Crippen molar-refractivity contribution in [3.8, 4) is 0 Å². The fraction of sp³-hybridized carbons (Fsp3) is 1.00. The number of aliphatic hydroxyl groups excluding tert-OH is 1.